The number of rotatable bonds is 6. The van der Waals surface area contributed by atoms with E-state index in [4.69, 9.17) is 4.99 Å². The normalized spacial score (nSPS) is 18.6. The van der Waals surface area contributed by atoms with Crippen LogP contribution in [0.15, 0.2) is 34.9 Å². The number of aromatic nitrogens is 2. The molecule has 7 heteroatoms. The molecule has 0 radical (unpaired) electrons. The molecule has 1 fully saturated rings. The largest absolute Gasteiger partial charge is 0.367 e. The highest BCUT2D eigenvalue weighted by molar-refractivity contribution is 7.10. The van der Waals surface area contributed by atoms with Crippen LogP contribution in [0.4, 0.5) is 5.69 Å². The fourth-order valence-electron chi connectivity index (χ4n) is 3.43. The average Bonchev–Trinajstić information content (AvgIpc) is 3.32. The number of nitrogens with one attached hydrogen (secondary N) is 2. The predicted molar refractivity (Wildman–Crippen MR) is 115 cm³/mol. The van der Waals surface area contributed by atoms with Gasteiger partial charge in [-0.3, -0.25) is 9.67 Å². The van der Waals surface area contributed by atoms with Crippen molar-refractivity contribution >= 4 is 23.0 Å². The molecule has 2 N–H and O–H groups in total. The third-order valence-corrected chi connectivity index (χ3v) is 6.22. The van der Waals surface area contributed by atoms with Crippen LogP contribution in [0.1, 0.15) is 38.5 Å². The van der Waals surface area contributed by atoms with Crippen LogP contribution >= 0.6 is 11.3 Å². The Morgan fingerprint density at radius 1 is 1.44 bits per heavy atom. The van der Waals surface area contributed by atoms with Crippen molar-refractivity contribution in [1.29, 1.82) is 0 Å². The number of guanidine groups is 1. The molecule has 27 heavy (non-hydrogen) atoms. The zero-order valence-corrected chi connectivity index (χ0v) is 17.7. The van der Waals surface area contributed by atoms with E-state index in [0.29, 0.717) is 6.04 Å². The van der Waals surface area contributed by atoms with E-state index in [0.717, 1.165) is 38.6 Å². The van der Waals surface area contributed by atoms with E-state index >= 15 is 0 Å². The van der Waals surface area contributed by atoms with Gasteiger partial charge in [0.1, 0.15) is 0 Å². The lowest BCUT2D eigenvalue weighted by molar-refractivity contribution is 0.466. The minimum atomic E-state index is 0.0465. The lowest BCUT2D eigenvalue weighted by atomic mass is 9.92. The molecule has 0 spiro atoms. The zero-order valence-electron chi connectivity index (χ0n) is 16.9. The maximum Gasteiger partial charge on any atom is 0.191 e. The summed E-state index contributed by atoms with van der Waals surface area (Å²) in [6, 6.07) is 4.71. The van der Waals surface area contributed by atoms with Gasteiger partial charge in [0.05, 0.1) is 18.4 Å². The summed E-state index contributed by atoms with van der Waals surface area (Å²) in [5, 5.41) is 13.5. The van der Waals surface area contributed by atoms with Crippen molar-refractivity contribution < 1.29 is 0 Å². The second kappa shape index (κ2) is 8.78. The number of hydrogen-bond donors (Lipinski definition) is 2. The van der Waals surface area contributed by atoms with Gasteiger partial charge >= 0.3 is 0 Å². The van der Waals surface area contributed by atoms with Gasteiger partial charge in [0.15, 0.2) is 5.96 Å². The topological polar surface area (TPSA) is 57.5 Å². The van der Waals surface area contributed by atoms with Crippen molar-refractivity contribution in [3.05, 3.63) is 34.8 Å². The first-order chi connectivity index (χ1) is 13.0. The van der Waals surface area contributed by atoms with E-state index < -0.39 is 0 Å². The number of hydrogen-bond acceptors (Lipinski definition) is 4. The molecule has 1 unspecified atom stereocenters. The molecule has 1 aliphatic heterocycles. The van der Waals surface area contributed by atoms with Crippen molar-refractivity contribution in [2.45, 2.75) is 45.1 Å². The summed E-state index contributed by atoms with van der Waals surface area (Å²) in [7, 11) is 1.97. The van der Waals surface area contributed by atoms with Gasteiger partial charge in [-0.25, -0.2) is 0 Å². The Balaban J connectivity index is 1.63. The van der Waals surface area contributed by atoms with Crippen LogP contribution in [0.3, 0.4) is 0 Å². The maximum atomic E-state index is 4.90. The summed E-state index contributed by atoms with van der Waals surface area (Å²) in [6.45, 7) is 10.3. The van der Waals surface area contributed by atoms with E-state index in [2.05, 4.69) is 65.1 Å². The Morgan fingerprint density at radius 3 is 2.96 bits per heavy atom. The molecule has 3 rings (SSSR count). The van der Waals surface area contributed by atoms with Gasteiger partial charge in [0.25, 0.3) is 0 Å². The summed E-state index contributed by atoms with van der Waals surface area (Å²) in [5.74, 6) is 0.917. The van der Waals surface area contributed by atoms with Gasteiger partial charge in [0, 0.05) is 49.2 Å². The highest BCUT2D eigenvalue weighted by atomic mass is 32.1. The molecule has 3 heterocycles. The molecule has 0 bridgehead atoms. The zero-order chi connectivity index (χ0) is 19.3. The van der Waals surface area contributed by atoms with Crippen molar-refractivity contribution in [2.24, 2.45) is 12.0 Å². The number of anilines is 1. The summed E-state index contributed by atoms with van der Waals surface area (Å²) in [5.41, 5.74) is 1.25. The number of nitrogens with zero attached hydrogens (tertiary/aromatic N) is 4. The predicted octanol–water partition coefficient (Wildman–Crippen LogP) is 2.98. The molecule has 6 nitrogen and oxygen atoms in total. The summed E-state index contributed by atoms with van der Waals surface area (Å²) in [4.78, 5) is 8.69. The highest BCUT2D eigenvalue weighted by Crippen LogP contribution is 2.27. The molecular weight excluding hydrogens is 356 g/mol. The second-order valence-corrected chi connectivity index (χ2v) is 8.81. The first kappa shape index (κ1) is 19.7. The number of aliphatic imine (C=N–C) groups is 1. The Bertz CT molecular complexity index is 734. The number of thiophene rings is 1. The lowest BCUT2D eigenvalue weighted by Gasteiger charge is -2.34. The molecule has 1 atom stereocenters. The first-order valence-corrected chi connectivity index (χ1v) is 10.7. The third kappa shape index (κ3) is 5.25. The van der Waals surface area contributed by atoms with Crippen molar-refractivity contribution in [3.63, 3.8) is 0 Å². The lowest BCUT2D eigenvalue weighted by Crippen LogP contribution is -2.51. The molecule has 0 aliphatic carbocycles. The van der Waals surface area contributed by atoms with E-state index in [1.165, 1.54) is 17.0 Å². The summed E-state index contributed by atoms with van der Waals surface area (Å²) in [6.07, 6.45) is 6.37. The van der Waals surface area contributed by atoms with Gasteiger partial charge in [-0.2, -0.15) is 5.10 Å². The molecule has 0 saturated carbocycles. The van der Waals surface area contributed by atoms with E-state index in [9.17, 15) is 0 Å². The van der Waals surface area contributed by atoms with E-state index in [-0.39, 0.29) is 5.41 Å². The van der Waals surface area contributed by atoms with Crippen molar-refractivity contribution in [1.82, 2.24) is 20.4 Å². The Morgan fingerprint density at radius 2 is 2.30 bits per heavy atom. The average molecular weight is 389 g/mol. The molecule has 1 aliphatic rings. The SMILES string of the molecule is CCNC(=NCC(C)(C)c1cccs1)NC1CCCN(c2cnn(C)c2)C1. The minimum Gasteiger partial charge on any atom is -0.367 e. The second-order valence-electron chi connectivity index (χ2n) is 7.86. The first-order valence-electron chi connectivity index (χ1n) is 9.80. The summed E-state index contributed by atoms with van der Waals surface area (Å²) >= 11 is 1.81. The molecule has 0 aromatic carbocycles. The third-order valence-electron chi connectivity index (χ3n) is 4.98. The Labute approximate surface area is 166 Å². The molecule has 148 valence electrons. The quantitative estimate of drug-likeness (QED) is 0.590. The monoisotopic (exact) mass is 388 g/mol. The molecule has 1 saturated heterocycles. The molecule has 0 amide bonds. The molecular formula is C20H32N6S. The van der Waals surface area contributed by atoms with E-state index in [1.54, 1.807) is 11.3 Å². The smallest absolute Gasteiger partial charge is 0.191 e. The van der Waals surface area contributed by atoms with Gasteiger partial charge in [0.2, 0.25) is 0 Å². The molecule has 2 aromatic rings. The van der Waals surface area contributed by atoms with E-state index in [1.807, 2.05) is 17.9 Å². The van der Waals surface area contributed by atoms with Gasteiger partial charge in [-0.15, -0.1) is 11.3 Å². The van der Waals surface area contributed by atoms with Gasteiger partial charge in [-0.05, 0) is 31.2 Å². The summed E-state index contributed by atoms with van der Waals surface area (Å²) < 4.78 is 1.87. The fraction of sp³-hybridized carbons (Fsp3) is 0.600. The van der Waals surface area contributed by atoms with Crippen LogP contribution in [0, 0.1) is 0 Å². The number of aryl methyl sites for hydroxylation is 1. The maximum absolute atomic E-state index is 4.90. The van der Waals surface area contributed by atoms with Crippen LogP contribution in [-0.2, 0) is 12.5 Å². The minimum absolute atomic E-state index is 0.0465. The van der Waals surface area contributed by atoms with Crippen LogP contribution in [0.2, 0.25) is 0 Å². The van der Waals surface area contributed by atoms with Crippen LogP contribution in [-0.4, -0.2) is 48.0 Å². The highest BCUT2D eigenvalue weighted by Gasteiger charge is 2.24. The van der Waals surface area contributed by atoms with Crippen LogP contribution < -0.4 is 15.5 Å². The number of piperidine rings is 1. The fourth-order valence-corrected chi connectivity index (χ4v) is 4.28. The van der Waals surface area contributed by atoms with Crippen molar-refractivity contribution in [2.75, 3.05) is 31.1 Å². The van der Waals surface area contributed by atoms with Gasteiger partial charge < -0.3 is 15.5 Å². The Kier molecular flexibility index (Phi) is 6.42. The Hall–Kier alpha value is -2.02. The van der Waals surface area contributed by atoms with Crippen molar-refractivity contribution in [3.8, 4) is 0 Å². The molecule has 2 aromatic heterocycles. The standard InChI is InChI=1S/C20H32N6S/c1-5-21-19(22-15-20(2,3)18-9-7-11-27-18)24-16-8-6-10-26(13-16)17-12-23-25(4)14-17/h7,9,11-12,14,16H,5-6,8,10,13,15H2,1-4H3,(H2,21,22,24). The van der Waals surface area contributed by atoms with Crippen LogP contribution in [0.5, 0.6) is 0 Å². The van der Waals surface area contributed by atoms with Gasteiger partial charge in [-0.1, -0.05) is 19.9 Å². The van der Waals surface area contributed by atoms with Crippen LogP contribution in [0.25, 0.3) is 0 Å².